The Morgan fingerprint density at radius 3 is 1.24 bits per heavy atom. The molecule has 314 valence electrons. The quantitative estimate of drug-likeness (QED) is 0.0831. The molecule has 2 fully saturated rings. The van der Waals surface area contributed by atoms with Crippen LogP contribution in [-0.2, 0) is 25.7 Å². The molecular formula is C57H72F2. The molecule has 0 bridgehead atoms. The summed E-state index contributed by atoms with van der Waals surface area (Å²) in [6, 6.07) is 29.5. The van der Waals surface area contributed by atoms with E-state index >= 15 is 0 Å². The van der Waals surface area contributed by atoms with Gasteiger partial charge in [0.25, 0.3) is 0 Å². The van der Waals surface area contributed by atoms with Crippen molar-refractivity contribution in [1.29, 1.82) is 0 Å². The normalized spacial score (nSPS) is 18.7. The number of benzene rings is 4. The number of aryl methyl sites for hydroxylation is 4. The topological polar surface area (TPSA) is 0 Å². The highest BCUT2D eigenvalue weighted by molar-refractivity contribution is 5.39. The number of hydrogen-bond donors (Lipinski definition) is 0. The highest BCUT2D eigenvalue weighted by atomic mass is 19.1. The van der Waals surface area contributed by atoms with Gasteiger partial charge in [0.2, 0.25) is 0 Å². The molecule has 6 rings (SSSR count). The van der Waals surface area contributed by atoms with Crippen molar-refractivity contribution in [1.82, 2.24) is 0 Å². The van der Waals surface area contributed by atoms with Gasteiger partial charge in [-0.25, -0.2) is 8.78 Å². The first-order valence-electron chi connectivity index (χ1n) is 23.7. The third-order valence-corrected chi connectivity index (χ3v) is 12.9. The van der Waals surface area contributed by atoms with E-state index in [0.717, 1.165) is 80.0 Å². The molecule has 0 saturated heterocycles. The Hall–Kier alpha value is -4.14. The zero-order valence-electron chi connectivity index (χ0n) is 37.0. The van der Waals surface area contributed by atoms with E-state index in [9.17, 15) is 8.78 Å². The molecule has 2 aliphatic carbocycles. The van der Waals surface area contributed by atoms with Gasteiger partial charge >= 0.3 is 0 Å². The van der Waals surface area contributed by atoms with Crippen LogP contribution in [0, 0.1) is 47.2 Å². The highest BCUT2D eigenvalue weighted by Gasteiger charge is 2.22. The van der Waals surface area contributed by atoms with Gasteiger partial charge < -0.3 is 0 Å². The van der Waals surface area contributed by atoms with E-state index in [1.807, 2.05) is 24.3 Å². The van der Waals surface area contributed by atoms with E-state index in [1.54, 1.807) is 12.1 Å². The number of rotatable bonds is 15. The van der Waals surface area contributed by atoms with Crippen LogP contribution in [0.5, 0.6) is 0 Å². The maximum atomic E-state index is 14.4. The minimum atomic E-state index is -0.0902. The lowest BCUT2D eigenvalue weighted by Crippen LogP contribution is -2.12. The Balaban J connectivity index is 0.000000224. The lowest BCUT2D eigenvalue weighted by Gasteiger charge is -2.26. The minimum Gasteiger partial charge on any atom is -0.207 e. The molecule has 0 heterocycles. The predicted octanol–water partition coefficient (Wildman–Crippen LogP) is 16.1. The number of hydrogen-bond acceptors (Lipinski definition) is 0. The third-order valence-electron chi connectivity index (χ3n) is 12.9. The molecule has 0 radical (unpaired) electrons. The summed E-state index contributed by atoms with van der Waals surface area (Å²) in [5.74, 6) is 15.4. The van der Waals surface area contributed by atoms with Crippen molar-refractivity contribution in [2.45, 2.75) is 174 Å². The average molecular weight is 795 g/mol. The minimum absolute atomic E-state index is 0.0893. The zero-order chi connectivity index (χ0) is 41.7. The van der Waals surface area contributed by atoms with Crippen molar-refractivity contribution in [3.05, 3.63) is 141 Å². The fourth-order valence-electron chi connectivity index (χ4n) is 8.92. The number of unbranched alkanes of at least 4 members (excludes halogenated alkanes) is 6. The summed E-state index contributed by atoms with van der Waals surface area (Å²) in [4.78, 5) is 0. The summed E-state index contributed by atoms with van der Waals surface area (Å²) in [5, 5.41) is 0. The SMILES string of the molecule is CCCCCCc1ccc(C#CC2CCC(c3ccc(CC)cc3)CC2)cc1F.CCCCCCc1ccc(C#CC2CCC(c3ccc(CCC)cc3)CC2)cc1F. The van der Waals surface area contributed by atoms with Crippen molar-refractivity contribution in [2.75, 3.05) is 0 Å². The van der Waals surface area contributed by atoms with Gasteiger partial charge in [-0.05, 0) is 159 Å². The summed E-state index contributed by atoms with van der Waals surface area (Å²) < 4.78 is 28.7. The van der Waals surface area contributed by atoms with Crippen LogP contribution in [0.15, 0.2) is 84.9 Å². The van der Waals surface area contributed by atoms with Crippen molar-refractivity contribution >= 4 is 0 Å². The molecule has 2 aliphatic rings. The van der Waals surface area contributed by atoms with Crippen LogP contribution in [0.3, 0.4) is 0 Å². The van der Waals surface area contributed by atoms with Crippen LogP contribution in [0.25, 0.3) is 0 Å². The van der Waals surface area contributed by atoms with Gasteiger partial charge in [0, 0.05) is 23.0 Å². The van der Waals surface area contributed by atoms with Crippen molar-refractivity contribution in [3.8, 4) is 23.7 Å². The summed E-state index contributed by atoms with van der Waals surface area (Å²) in [5.41, 5.74) is 9.12. The second-order valence-corrected chi connectivity index (χ2v) is 17.5. The van der Waals surface area contributed by atoms with E-state index in [4.69, 9.17) is 0 Å². The van der Waals surface area contributed by atoms with Crippen molar-refractivity contribution in [3.63, 3.8) is 0 Å². The predicted molar refractivity (Wildman–Crippen MR) is 248 cm³/mol. The maximum Gasteiger partial charge on any atom is 0.127 e. The van der Waals surface area contributed by atoms with Crippen molar-refractivity contribution < 1.29 is 8.78 Å². The van der Waals surface area contributed by atoms with Crippen LogP contribution < -0.4 is 0 Å². The average Bonchev–Trinajstić information content (AvgIpc) is 3.27. The van der Waals surface area contributed by atoms with Crippen LogP contribution in [0.1, 0.15) is 193 Å². The van der Waals surface area contributed by atoms with Gasteiger partial charge in [-0.2, -0.15) is 0 Å². The second kappa shape index (κ2) is 25.5. The molecular weight excluding hydrogens is 723 g/mol. The monoisotopic (exact) mass is 795 g/mol. The molecule has 4 aromatic carbocycles. The Morgan fingerprint density at radius 2 is 0.864 bits per heavy atom. The first kappa shape index (κ1) is 45.9. The molecule has 0 aromatic heterocycles. The molecule has 2 saturated carbocycles. The summed E-state index contributed by atoms with van der Waals surface area (Å²) >= 11 is 0. The molecule has 59 heavy (non-hydrogen) atoms. The molecule has 0 aliphatic heterocycles. The van der Waals surface area contributed by atoms with Crippen LogP contribution >= 0.6 is 0 Å². The number of halogens is 2. The molecule has 0 nitrogen and oxygen atoms in total. The van der Waals surface area contributed by atoms with E-state index in [1.165, 1.54) is 99.3 Å². The zero-order valence-corrected chi connectivity index (χ0v) is 37.0. The van der Waals surface area contributed by atoms with Crippen LogP contribution in [-0.4, -0.2) is 0 Å². The third kappa shape index (κ3) is 15.4. The van der Waals surface area contributed by atoms with Crippen molar-refractivity contribution in [2.24, 2.45) is 11.8 Å². The maximum absolute atomic E-state index is 14.4. The van der Waals surface area contributed by atoms with Gasteiger partial charge in [0.05, 0.1) is 0 Å². The van der Waals surface area contributed by atoms with E-state index in [2.05, 4.69) is 99.9 Å². The standard InChI is InChI=1S/C29H37F.C28H35F/c1-3-5-6-7-9-28-21-16-25(22-29(28)30)11-10-24-14-19-27(20-15-24)26-17-12-23(8-4-2)13-18-26;1-3-5-6-7-8-27-20-15-24(21-28(27)29)10-9-23-13-18-26(19-14-23)25-16-11-22(4-2)12-17-25/h12-13,16-18,21-22,24,27H,3-9,14-15,19-20H2,1-2H3;11-12,15-17,20-21,23,26H,3-8,13-14,18-19H2,1-2H3. The van der Waals surface area contributed by atoms with Crippen LogP contribution in [0.2, 0.25) is 0 Å². The largest absolute Gasteiger partial charge is 0.207 e. The van der Waals surface area contributed by atoms with Gasteiger partial charge in [0.1, 0.15) is 11.6 Å². The lowest BCUT2D eigenvalue weighted by atomic mass is 9.78. The molecule has 0 N–H and O–H groups in total. The molecule has 0 spiro atoms. The Bertz CT molecular complexity index is 1930. The van der Waals surface area contributed by atoms with Gasteiger partial charge in [0.15, 0.2) is 0 Å². The first-order chi connectivity index (χ1) is 28.9. The van der Waals surface area contributed by atoms with E-state index in [-0.39, 0.29) is 11.6 Å². The van der Waals surface area contributed by atoms with Crippen LogP contribution in [0.4, 0.5) is 8.78 Å². The Morgan fingerprint density at radius 1 is 0.441 bits per heavy atom. The van der Waals surface area contributed by atoms with Gasteiger partial charge in [-0.1, -0.05) is 157 Å². The highest BCUT2D eigenvalue weighted by Crippen LogP contribution is 2.37. The summed E-state index contributed by atoms with van der Waals surface area (Å²) in [7, 11) is 0. The fourth-order valence-corrected chi connectivity index (χ4v) is 8.92. The molecule has 2 heteroatoms. The summed E-state index contributed by atoms with van der Waals surface area (Å²) in [6.07, 6.45) is 23.9. The molecule has 4 aromatic rings. The van der Waals surface area contributed by atoms with Gasteiger partial charge in [-0.3, -0.25) is 0 Å². The Kier molecular flexibility index (Phi) is 19.8. The fraction of sp³-hybridized carbons (Fsp3) is 0.509. The van der Waals surface area contributed by atoms with E-state index < -0.39 is 0 Å². The van der Waals surface area contributed by atoms with E-state index in [0.29, 0.717) is 23.7 Å². The summed E-state index contributed by atoms with van der Waals surface area (Å²) in [6.45, 7) is 8.83. The Labute approximate surface area is 358 Å². The second-order valence-electron chi connectivity index (χ2n) is 17.5. The van der Waals surface area contributed by atoms with Gasteiger partial charge in [-0.15, -0.1) is 0 Å². The lowest BCUT2D eigenvalue weighted by molar-refractivity contribution is 0.384. The molecule has 0 amide bonds. The first-order valence-corrected chi connectivity index (χ1v) is 23.7. The molecule has 0 atom stereocenters. The smallest absolute Gasteiger partial charge is 0.127 e. The molecule has 0 unspecified atom stereocenters.